The molecule has 0 amide bonds. The molecule has 7 heteroatoms. The molecule has 3 aromatic rings. The Morgan fingerprint density at radius 1 is 1.07 bits per heavy atom. The molecule has 158 valence electrons. The van der Waals surface area contributed by atoms with Crippen molar-refractivity contribution in [2.24, 2.45) is 0 Å². The van der Waals surface area contributed by atoms with Crippen molar-refractivity contribution in [1.29, 1.82) is 0 Å². The van der Waals surface area contributed by atoms with Crippen LogP contribution in [0.3, 0.4) is 0 Å². The molecule has 5 rings (SSSR count). The molecule has 0 radical (unpaired) electrons. The molecule has 2 aliphatic rings. The van der Waals surface area contributed by atoms with Crippen LogP contribution in [0.4, 0.5) is 4.39 Å². The lowest BCUT2D eigenvalue weighted by Crippen LogP contribution is -2.34. The van der Waals surface area contributed by atoms with Crippen LogP contribution < -0.4 is 4.74 Å². The third-order valence-electron chi connectivity index (χ3n) is 6.66. The zero-order valence-corrected chi connectivity index (χ0v) is 17.2. The van der Waals surface area contributed by atoms with Gasteiger partial charge in [-0.05, 0) is 62.8 Å². The van der Waals surface area contributed by atoms with E-state index < -0.39 is 18.3 Å². The van der Waals surface area contributed by atoms with Crippen LogP contribution in [0.2, 0.25) is 0 Å². The predicted octanol–water partition coefficient (Wildman–Crippen LogP) is 3.18. The summed E-state index contributed by atoms with van der Waals surface area (Å²) < 4.78 is 22.3. The van der Waals surface area contributed by atoms with Gasteiger partial charge < -0.3 is 19.5 Å². The third kappa shape index (κ3) is 2.99. The first-order chi connectivity index (χ1) is 14.5. The van der Waals surface area contributed by atoms with Gasteiger partial charge in [0, 0.05) is 23.6 Å². The summed E-state index contributed by atoms with van der Waals surface area (Å²) in [5.74, 6) is 0.431. The van der Waals surface area contributed by atoms with Gasteiger partial charge in [-0.3, -0.25) is 0 Å². The Morgan fingerprint density at radius 3 is 2.63 bits per heavy atom. The molecule has 0 saturated heterocycles. The molecule has 2 N–H and O–H groups in total. The summed E-state index contributed by atoms with van der Waals surface area (Å²) >= 11 is 0. The number of aromatic nitrogens is 3. The van der Waals surface area contributed by atoms with Crippen molar-refractivity contribution in [2.45, 2.75) is 70.3 Å². The average Bonchev–Trinajstić information content (AvgIpc) is 3.22. The quantitative estimate of drug-likeness (QED) is 0.692. The molecular weight excluding hydrogens is 385 g/mol. The molecule has 1 fully saturated rings. The number of aryl methyl sites for hydroxylation is 2. The van der Waals surface area contributed by atoms with Crippen molar-refractivity contribution >= 4 is 11.0 Å². The SMILES string of the molecule is Cc1cn([C@@H]2C[C@H](Oc3ccc(F)c4c3CCCC4)[C@@H](O)[C@H]2O)c2ncnc(C)c12. The molecule has 0 spiro atoms. The van der Waals surface area contributed by atoms with Crippen molar-refractivity contribution in [3.05, 3.63) is 52.9 Å². The molecule has 0 unspecified atom stereocenters. The standard InChI is InChI=1S/C23H26FN3O3/c1-12-10-27(23-20(12)13(2)25-11-26-23)17-9-19(22(29)21(17)28)30-18-8-7-16(24)14-5-3-4-6-15(14)18/h7-8,10-11,17,19,21-22,28-29H,3-6,9H2,1-2H3/t17-,19+,21+,22-/m1/s1. The van der Waals surface area contributed by atoms with Gasteiger partial charge in [0.1, 0.15) is 41.9 Å². The second-order valence-corrected chi connectivity index (χ2v) is 8.53. The van der Waals surface area contributed by atoms with Crippen LogP contribution in [0.15, 0.2) is 24.7 Å². The Bertz CT molecular complexity index is 1110. The molecule has 0 bridgehead atoms. The second-order valence-electron chi connectivity index (χ2n) is 8.53. The van der Waals surface area contributed by atoms with Gasteiger partial charge in [0.05, 0.1) is 11.7 Å². The number of halogens is 1. The van der Waals surface area contributed by atoms with E-state index >= 15 is 0 Å². The van der Waals surface area contributed by atoms with Crippen LogP contribution in [0.5, 0.6) is 5.75 Å². The first kappa shape index (κ1) is 19.5. The largest absolute Gasteiger partial charge is 0.487 e. The molecule has 30 heavy (non-hydrogen) atoms. The van der Waals surface area contributed by atoms with Crippen LogP contribution in [0.25, 0.3) is 11.0 Å². The maximum atomic E-state index is 14.2. The molecule has 1 saturated carbocycles. The first-order valence-corrected chi connectivity index (χ1v) is 10.6. The predicted molar refractivity (Wildman–Crippen MR) is 110 cm³/mol. The summed E-state index contributed by atoms with van der Waals surface area (Å²) in [6.45, 7) is 3.93. The third-order valence-corrected chi connectivity index (χ3v) is 6.66. The van der Waals surface area contributed by atoms with Crippen molar-refractivity contribution in [3.8, 4) is 5.75 Å². The van der Waals surface area contributed by atoms with Crippen LogP contribution in [-0.4, -0.2) is 43.1 Å². The van der Waals surface area contributed by atoms with Crippen LogP contribution in [0, 0.1) is 19.7 Å². The van der Waals surface area contributed by atoms with Crippen molar-refractivity contribution in [1.82, 2.24) is 14.5 Å². The lowest BCUT2D eigenvalue weighted by Gasteiger charge is -2.24. The number of aliphatic hydroxyl groups is 2. The van der Waals surface area contributed by atoms with E-state index in [1.54, 1.807) is 6.07 Å². The molecule has 6 nitrogen and oxygen atoms in total. The van der Waals surface area contributed by atoms with E-state index in [0.717, 1.165) is 52.7 Å². The van der Waals surface area contributed by atoms with Gasteiger partial charge in [-0.25, -0.2) is 14.4 Å². The Labute approximate surface area is 174 Å². The number of hydrogen-bond donors (Lipinski definition) is 2. The van der Waals surface area contributed by atoms with Gasteiger partial charge in [-0.1, -0.05) is 0 Å². The zero-order chi connectivity index (χ0) is 21.0. The zero-order valence-electron chi connectivity index (χ0n) is 17.2. The van der Waals surface area contributed by atoms with Gasteiger partial charge in [-0.15, -0.1) is 0 Å². The molecule has 2 aromatic heterocycles. The summed E-state index contributed by atoms with van der Waals surface area (Å²) in [7, 11) is 0. The van der Waals surface area contributed by atoms with E-state index in [9.17, 15) is 14.6 Å². The van der Waals surface area contributed by atoms with E-state index in [1.165, 1.54) is 12.4 Å². The van der Waals surface area contributed by atoms with Crippen LogP contribution in [-0.2, 0) is 12.8 Å². The summed E-state index contributed by atoms with van der Waals surface area (Å²) in [6.07, 6.45) is 4.75. The summed E-state index contributed by atoms with van der Waals surface area (Å²) in [6, 6.07) is 2.72. The minimum atomic E-state index is -1.04. The van der Waals surface area contributed by atoms with Gasteiger partial charge in [0.15, 0.2) is 0 Å². The van der Waals surface area contributed by atoms with Gasteiger partial charge >= 0.3 is 0 Å². The van der Waals surface area contributed by atoms with E-state index in [-0.39, 0.29) is 11.9 Å². The number of rotatable bonds is 3. The highest BCUT2D eigenvalue weighted by atomic mass is 19.1. The number of nitrogens with zero attached hydrogens (tertiary/aromatic N) is 3. The number of aliphatic hydroxyl groups excluding tert-OH is 2. The maximum Gasteiger partial charge on any atom is 0.144 e. The summed E-state index contributed by atoms with van der Waals surface area (Å²) in [5, 5.41) is 22.5. The van der Waals surface area contributed by atoms with E-state index in [1.807, 2.05) is 24.6 Å². The highest BCUT2D eigenvalue weighted by Gasteiger charge is 2.45. The van der Waals surface area contributed by atoms with E-state index in [2.05, 4.69) is 9.97 Å². The van der Waals surface area contributed by atoms with E-state index in [4.69, 9.17) is 4.74 Å². The Hall–Kier alpha value is -2.51. The second kappa shape index (κ2) is 7.32. The molecule has 2 aliphatic carbocycles. The Morgan fingerprint density at radius 2 is 1.83 bits per heavy atom. The van der Waals surface area contributed by atoms with Crippen molar-refractivity contribution in [2.75, 3.05) is 0 Å². The fourth-order valence-corrected chi connectivity index (χ4v) is 5.13. The highest BCUT2D eigenvalue weighted by molar-refractivity contribution is 5.82. The number of benzene rings is 1. The minimum absolute atomic E-state index is 0.189. The molecule has 0 aliphatic heterocycles. The number of hydrogen-bond acceptors (Lipinski definition) is 5. The minimum Gasteiger partial charge on any atom is -0.487 e. The molecule has 2 heterocycles. The van der Waals surface area contributed by atoms with Gasteiger partial charge in [-0.2, -0.15) is 0 Å². The van der Waals surface area contributed by atoms with Crippen LogP contribution >= 0.6 is 0 Å². The normalized spacial score (nSPS) is 26.2. The van der Waals surface area contributed by atoms with Crippen molar-refractivity contribution in [3.63, 3.8) is 0 Å². The lowest BCUT2D eigenvalue weighted by molar-refractivity contribution is -0.0166. The smallest absolute Gasteiger partial charge is 0.144 e. The fraction of sp³-hybridized carbons (Fsp3) is 0.478. The summed E-state index contributed by atoms with van der Waals surface area (Å²) in [5.41, 5.74) is 4.28. The topological polar surface area (TPSA) is 80.4 Å². The number of fused-ring (bicyclic) bond motifs is 2. The lowest BCUT2D eigenvalue weighted by atomic mass is 9.90. The van der Waals surface area contributed by atoms with Crippen LogP contribution in [0.1, 0.15) is 47.7 Å². The Balaban J connectivity index is 1.46. The highest BCUT2D eigenvalue weighted by Crippen LogP contribution is 2.39. The van der Waals surface area contributed by atoms with Gasteiger partial charge in [0.2, 0.25) is 0 Å². The monoisotopic (exact) mass is 411 g/mol. The van der Waals surface area contributed by atoms with Gasteiger partial charge in [0.25, 0.3) is 0 Å². The van der Waals surface area contributed by atoms with Crippen molar-refractivity contribution < 1.29 is 19.3 Å². The maximum absolute atomic E-state index is 14.2. The van der Waals surface area contributed by atoms with E-state index in [0.29, 0.717) is 18.6 Å². The Kier molecular flexibility index (Phi) is 4.75. The summed E-state index contributed by atoms with van der Waals surface area (Å²) in [4.78, 5) is 8.69. The molecule has 4 atom stereocenters. The first-order valence-electron chi connectivity index (χ1n) is 10.6. The number of ether oxygens (including phenoxy) is 1. The molecular formula is C23H26FN3O3. The fourth-order valence-electron chi connectivity index (χ4n) is 5.13. The molecule has 1 aromatic carbocycles. The average molecular weight is 411 g/mol.